The number of para-hydroxylation sites is 1. The predicted octanol–water partition coefficient (Wildman–Crippen LogP) is 4.69. The van der Waals surface area contributed by atoms with Crippen LogP contribution in [0.25, 0.3) is 33.1 Å². The van der Waals surface area contributed by atoms with Gasteiger partial charge in [-0.3, -0.25) is 9.59 Å². The van der Waals surface area contributed by atoms with E-state index >= 15 is 0 Å². The summed E-state index contributed by atoms with van der Waals surface area (Å²) in [7, 11) is 0. The van der Waals surface area contributed by atoms with Gasteiger partial charge in [-0.1, -0.05) is 31.2 Å². The van der Waals surface area contributed by atoms with E-state index in [9.17, 15) is 9.59 Å². The lowest BCUT2D eigenvalue weighted by atomic mass is 10.1. The number of rotatable bonds is 4. The van der Waals surface area contributed by atoms with Crippen LogP contribution in [0, 0.1) is 0 Å². The van der Waals surface area contributed by atoms with Gasteiger partial charge in [0.15, 0.2) is 0 Å². The normalized spacial score (nSPS) is 10.5. The van der Waals surface area contributed by atoms with Gasteiger partial charge in [-0.25, -0.2) is 9.97 Å². The van der Waals surface area contributed by atoms with E-state index < -0.39 is 5.97 Å². The Morgan fingerprint density at radius 2 is 1.84 bits per heavy atom. The van der Waals surface area contributed by atoms with Crippen molar-refractivity contribution in [2.75, 3.05) is 5.32 Å². The molecule has 8 heteroatoms. The molecule has 4 N–H and O–H groups in total. The molecule has 3 heterocycles. The van der Waals surface area contributed by atoms with Crippen LogP contribution in [0.15, 0.2) is 77.9 Å². The fourth-order valence-corrected chi connectivity index (χ4v) is 3.23. The first kappa shape index (κ1) is 20.8. The molecule has 2 aromatic carbocycles. The number of carboxylic acid groups (broad SMARTS) is 1. The molecule has 0 saturated heterocycles. The molecule has 3 aromatic heterocycles. The third-order valence-corrected chi connectivity index (χ3v) is 4.82. The zero-order chi connectivity index (χ0) is 22.5. The average molecular weight is 427 g/mol. The first-order valence-electron chi connectivity index (χ1n) is 10.1. The highest BCUT2D eigenvalue weighted by Crippen LogP contribution is 2.27. The zero-order valence-electron chi connectivity index (χ0n) is 17.3. The first-order chi connectivity index (χ1) is 15.5. The average Bonchev–Trinajstić information content (AvgIpc) is 3.31. The number of nitrogens with one attached hydrogen (secondary N) is 3. The van der Waals surface area contributed by atoms with E-state index in [-0.39, 0.29) is 12.0 Å². The molecule has 0 saturated carbocycles. The number of aliphatic carboxylic acids is 1. The zero-order valence-corrected chi connectivity index (χ0v) is 17.3. The Kier molecular flexibility index (Phi) is 5.94. The number of pyridine rings is 1. The van der Waals surface area contributed by atoms with Gasteiger partial charge in [0.05, 0.1) is 5.69 Å². The van der Waals surface area contributed by atoms with Gasteiger partial charge in [0, 0.05) is 46.4 Å². The molecule has 0 aliphatic rings. The quantitative estimate of drug-likeness (QED) is 0.330. The minimum atomic E-state index is -0.745. The second-order valence-electron chi connectivity index (χ2n) is 6.98. The van der Waals surface area contributed by atoms with E-state index in [1.165, 1.54) is 0 Å². The Labute approximate surface area is 183 Å². The number of anilines is 2. The molecule has 5 rings (SSSR count). The van der Waals surface area contributed by atoms with Crippen molar-refractivity contribution < 1.29 is 9.90 Å². The van der Waals surface area contributed by atoms with Crippen LogP contribution in [0.2, 0.25) is 0 Å². The molecule has 0 aliphatic carbocycles. The van der Waals surface area contributed by atoms with Crippen molar-refractivity contribution in [1.82, 2.24) is 19.9 Å². The van der Waals surface area contributed by atoms with E-state index in [1.54, 1.807) is 19.3 Å². The van der Waals surface area contributed by atoms with E-state index in [2.05, 4.69) is 25.3 Å². The summed E-state index contributed by atoms with van der Waals surface area (Å²) in [5, 5.41) is 12.8. The topological polar surface area (TPSA) is 124 Å². The van der Waals surface area contributed by atoms with Crippen LogP contribution in [-0.4, -0.2) is 31.0 Å². The molecule has 0 amide bonds. The number of carboxylic acids is 1. The maximum Gasteiger partial charge on any atom is 0.303 e. The van der Waals surface area contributed by atoms with Crippen molar-refractivity contribution >= 4 is 39.4 Å². The molecule has 0 radical (unpaired) electrons. The highest BCUT2D eigenvalue weighted by molar-refractivity contribution is 6.05. The van der Waals surface area contributed by atoms with Crippen molar-refractivity contribution in [1.29, 1.82) is 0 Å². The van der Waals surface area contributed by atoms with E-state index in [4.69, 9.17) is 5.11 Å². The first-order valence-corrected chi connectivity index (χ1v) is 10.1. The number of hydrogen-bond donors (Lipinski definition) is 4. The molecule has 0 aliphatic heterocycles. The van der Waals surface area contributed by atoms with Gasteiger partial charge in [-0.2, -0.15) is 0 Å². The van der Waals surface area contributed by atoms with Gasteiger partial charge in [-0.15, -0.1) is 0 Å². The summed E-state index contributed by atoms with van der Waals surface area (Å²) >= 11 is 0. The van der Waals surface area contributed by atoms with Crippen LogP contribution in [0.5, 0.6) is 0 Å². The van der Waals surface area contributed by atoms with Crippen molar-refractivity contribution in [3.8, 4) is 11.3 Å². The molecule has 160 valence electrons. The maximum atomic E-state index is 12.1. The molecule has 0 atom stereocenters. The minimum Gasteiger partial charge on any atom is -0.481 e. The van der Waals surface area contributed by atoms with Crippen molar-refractivity contribution in [2.45, 2.75) is 13.3 Å². The van der Waals surface area contributed by atoms with Gasteiger partial charge >= 0.3 is 5.97 Å². The second kappa shape index (κ2) is 9.13. The lowest BCUT2D eigenvalue weighted by molar-refractivity contribution is -0.136. The van der Waals surface area contributed by atoms with Crippen LogP contribution in [0.4, 0.5) is 11.6 Å². The number of hydrogen-bond acceptors (Lipinski definition) is 5. The van der Waals surface area contributed by atoms with Gasteiger partial charge in [-0.05, 0) is 36.4 Å². The fourth-order valence-electron chi connectivity index (χ4n) is 3.23. The van der Waals surface area contributed by atoms with Gasteiger partial charge in [0.25, 0.3) is 5.56 Å². The lowest BCUT2D eigenvalue weighted by Gasteiger charge is -2.08. The summed E-state index contributed by atoms with van der Waals surface area (Å²) in [6.07, 6.45) is 3.73. The molecule has 0 spiro atoms. The highest BCUT2D eigenvalue weighted by atomic mass is 16.4. The van der Waals surface area contributed by atoms with Gasteiger partial charge < -0.3 is 20.4 Å². The molecule has 8 nitrogen and oxygen atoms in total. The summed E-state index contributed by atoms with van der Waals surface area (Å²) in [4.78, 5) is 36.3. The van der Waals surface area contributed by atoms with Crippen LogP contribution in [-0.2, 0) is 4.79 Å². The molecular weight excluding hydrogens is 406 g/mol. The van der Waals surface area contributed by atoms with Crippen LogP contribution in [0.1, 0.15) is 13.3 Å². The summed E-state index contributed by atoms with van der Waals surface area (Å²) < 4.78 is 0. The lowest BCUT2D eigenvalue weighted by Crippen LogP contribution is -2.06. The predicted molar refractivity (Wildman–Crippen MR) is 125 cm³/mol. The second-order valence-corrected chi connectivity index (χ2v) is 6.98. The molecule has 32 heavy (non-hydrogen) atoms. The summed E-state index contributed by atoms with van der Waals surface area (Å²) in [5.74, 6) is -0.211. The van der Waals surface area contributed by atoms with Crippen LogP contribution < -0.4 is 10.9 Å². The number of aromatic amines is 2. The molecule has 5 aromatic rings. The number of fused-ring (bicyclic) bond motifs is 3. The molecular formula is C24H21N5O3. The number of nitrogens with zero attached hydrogens (tertiary/aromatic N) is 2. The molecule has 0 bridgehead atoms. The standard InChI is InChI=1S/C21H15N5O.C3H6O2/c27-20-19-15(8-10-22-19)16-12-13(6-7-18(16)25-20)17-9-11-23-21(26-17)24-14-4-2-1-3-5-14;1-2-3(4)5/h1-12,22H,(H,25,27)(H,23,24,26);2H2,1H3,(H,4,5). The smallest absolute Gasteiger partial charge is 0.303 e. The van der Waals surface area contributed by atoms with Gasteiger partial charge in [0.1, 0.15) is 5.52 Å². The van der Waals surface area contributed by atoms with Crippen molar-refractivity contribution in [2.24, 2.45) is 0 Å². The Bertz CT molecular complexity index is 1440. The summed E-state index contributed by atoms with van der Waals surface area (Å²) in [5.41, 5.74) is 3.95. The van der Waals surface area contributed by atoms with E-state index in [1.807, 2.05) is 60.7 Å². The number of H-pyrrole nitrogens is 2. The Morgan fingerprint density at radius 3 is 2.59 bits per heavy atom. The third-order valence-electron chi connectivity index (χ3n) is 4.82. The van der Waals surface area contributed by atoms with Crippen LogP contribution in [0.3, 0.4) is 0 Å². The summed E-state index contributed by atoms with van der Waals surface area (Å²) in [6.45, 7) is 1.60. The Hall–Kier alpha value is -4.46. The maximum absolute atomic E-state index is 12.1. The minimum absolute atomic E-state index is 0.119. The SMILES string of the molecule is CCC(=O)O.O=c1[nH]c2ccc(-c3ccnc(Nc4ccccc4)n3)cc2c2cc[nH]c12. The highest BCUT2D eigenvalue weighted by Gasteiger charge is 2.09. The van der Waals surface area contributed by atoms with Crippen molar-refractivity contribution in [3.05, 3.63) is 83.4 Å². The monoisotopic (exact) mass is 427 g/mol. The number of benzene rings is 2. The van der Waals surface area contributed by atoms with E-state index in [0.717, 1.165) is 33.2 Å². The number of carbonyl (C=O) groups is 1. The summed E-state index contributed by atoms with van der Waals surface area (Å²) in [6, 6.07) is 19.5. The molecule has 0 unspecified atom stereocenters. The Balaban J connectivity index is 0.000000444. The van der Waals surface area contributed by atoms with Crippen LogP contribution >= 0.6 is 0 Å². The number of aromatic nitrogens is 4. The van der Waals surface area contributed by atoms with Crippen molar-refractivity contribution in [3.63, 3.8) is 0 Å². The largest absolute Gasteiger partial charge is 0.481 e. The fraction of sp³-hybridized carbons (Fsp3) is 0.0833. The Morgan fingerprint density at radius 1 is 1.06 bits per heavy atom. The van der Waals surface area contributed by atoms with E-state index in [0.29, 0.717) is 11.5 Å². The third kappa shape index (κ3) is 4.49. The molecule has 0 fully saturated rings. The van der Waals surface area contributed by atoms with Gasteiger partial charge in [0.2, 0.25) is 5.95 Å².